The van der Waals surface area contributed by atoms with Crippen molar-refractivity contribution in [3.05, 3.63) is 70.8 Å². The molecule has 2 heterocycles. The number of aromatic carboxylic acids is 2. The van der Waals surface area contributed by atoms with Gasteiger partial charge in [-0.3, -0.25) is 9.59 Å². The van der Waals surface area contributed by atoms with Crippen molar-refractivity contribution in [3.63, 3.8) is 0 Å². The highest BCUT2D eigenvalue weighted by molar-refractivity contribution is 5.94. The van der Waals surface area contributed by atoms with Crippen molar-refractivity contribution in [1.82, 2.24) is 0 Å². The van der Waals surface area contributed by atoms with Crippen LogP contribution in [-0.4, -0.2) is 69.5 Å². The van der Waals surface area contributed by atoms with Crippen LogP contribution < -0.4 is 0 Å². The van der Waals surface area contributed by atoms with Gasteiger partial charge < -0.3 is 29.9 Å². The molecule has 0 atom stereocenters. The Labute approximate surface area is 204 Å². The Hall–Kier alpha value is -4.74. The first-order valence-corrected chi connectivity index (χ1v) is 10.5. The molecule has 0 saturated heterocycles. The van der Waals surface area contributed by atoms with Gasteiger partial charge in [0.05, 0.1) is 48.3 Å². The Kier molecular flexibility index (Phi) is 12.4. The molecule has 4 N–H and O–H groups in total. The van der Waals surface area contributed by atoms with Crippen LogP contribution >= 0.6 is 0 Å². The zero-order valence-electron chi connectivity index (χ0n) is 18.9. The smallest absolute Gasteiger partial charge is 0.338 e. The molecule has 12 nitrogen and oxygen atoms in total. The lowest BCUT2D eigenvalue weighted by Gasteiger charge is -2.09. The summed E-state index contributed by atoms with van der Waals surface area (Å²) in [6, 6.07) is 11.5. The minimum atomic E-state index is -1.13. The van der Waals surface area contributed by atoms with Crippen molar-refractivity contribution in [3.8, 4) is 0 Å². The van der Waals surface area contributed by atoms with E-state index in [1.165, 1.54) is 18.2 Å². The average Bonchev–Trinajstić information content (AvgIpc) is 2.84. The number of ether oxygens (including phenoxy) is 2. The van der Waals surface area contributed by atoms with Crippen molar-refractivity contribution < 1.29 is 58.7 Å². The number of carboxylic acid groups (broad SMARTS) is 4. The van der Waals surface area contributed by atoms with Crippen LogP contribution in [0.25, 0.3) is 0 Å². The van der Waals surface area contributed by atoms with E-state index in [-0.39, 0.29) is 35.9 Å². The molecule has 0 aliphatic carbocycles. The topological polar surface area (TPSA) is 202 Å². The lowest BCUT2D eigenvalue weighted by atomic mass is 10.1. The summed E-state index contributed by atoms with van der Waals surface area (Å²) in [4.78, 5) is 63.0. The lowest BCUT2D eigenvalue weighted by molar-refractivity contribution is -0.143. The second-order valence-electron chi connectivity index (χ2n) is 7.03. The number of carboxylic acids is 4. The Balaban J connectivity index is 0.000000288. The number of aliphatic carboxylic acids is 2. The number of fused-ring (bicyclic) bond motifs is 9. The summed E-state index contributed by atoms with van der Waals surface area (Å²) in [7, 11) is 0. The van der Waals surface area contributed by atoms with Crippen molar-refractivity contribution in [1.29, 1.82) is 0 Å². The highest BCUT2D eigenvalue weighted by Crippen LogP contribution is 2.10. The van der Waals surface area contributed by atoms with Crippen LogP contribution in [0, 0.1) is 0 Å². The van der Waals surface area contributed by atoms with Crippen molar-refractivity contribution >= 4 is 35.8 Å². The molecule has 0 spiro atoms. The zero-order chi connectivity index (χ0) is 27.1. The van der Waals surface area contributed by atoms with E-state index in [2.05, 4.69) is 0 Å². The van der Waals surface area contributed by atoms with Gasteiger partial charge in [-0.2, -0.15) is 0 Å². The summed E-state index contributed by atoms with van der Waals surface area (Å²) < 4.78 is 10.1. The van der Waals surface area contributed by atoms with E-state index in [1.54, 1.807) is 24.3 Å². The summed E-state index contributed by atoms with van der Waals surface area (Å²) >= 11 is 0. The molecule has 2 aromatic rings. The van der Waals surface area contributed by atoms with E-state index in [4.69, 9.17) is 29.9 Å². The third-order valence-corrected chi connectivity index (χ3v) is 4.27. The molecule has 12 heteroatoms. The Morgan fingerprint density at radius 2 is 1.00 bits per heavy atom. The predicted molar refractivity (Wildman–Crippen MR) is 121 cm³/mol. The summed E-state index contributed by atoms with van der Waals surface area (Å²) in [5, 5.41) is 32.8. The second kappa shape index (κ2) is 15.2. The van der Waals surface area contributed by atoms with E-state index in [0.29, 0.717) is 37.2 Å². The van der Waals surface area contributed by atoms with Crippen LogP contribution in [0.2, 0.25) is 0 Å². The van der Waals surface area contributed by atoms with Gasteiger partial charge in [-0.15, -0.1) is 0 Å². The molecule has 0 unspecified atom stereocenters. The molecule has 2 aliphatic heterocycles. The van der Waals surface area contributed by atoms with Gasteiger partial charge in [-0.05, 0) is 55.3 Å². The van der Waals surface area contributed by atoms with Crippen LogP contribution in [0.4, 0.5) is 0 Å². The first kappa shape index (κ1) is 29.3. The number of hydrogen-bond acceptors (Lipinski definition) is 8. The Morgan fingerprint density at radius 1 is 0.639 bits per heavy atom. The number of rotatable bonds is 5. The van der Waals surface area contributed by atoms with Crippen LogP contribution in [0.5, 0.6) is 0 Å². The summed E-state index contributed by atoms with van der Waals surface area (Å²) in [5.41, 5.74) is 0.874. The molecule has 4 rings (SSSR count). The molecule has 0 amide bonds. The van der Waals surface area contributed by atoms with Gasteiger partial charge in [0.15, 0.2) is 0 Å². The van der Waals surface area contributed by atoms with Crippen LogP contribution in [0.1, 0.15) is 67.1 Å². The average molecular weight is 504 g/mol. The third kappa shape index (κ3) is 11.4. The molecule has 0 aromatic heterocycles. The zero-order valence-corrected chi connectivity index (χ0v) is 18.9. The summed E-state index contributed by atoms with van der Waals surface area (Å²) in [5.74, 6) is -5.10. The maximum Gasteiger partial charge on any atom is 0.338 e. The van der Waals surface area contributed by atoms with E-state index in [9.17, 15) is 28.8 Å². The molecule has 2 aromatic carbocycles. The highest BCUT2D eigenvalue weighted by atomic mass is 16.5. The first-order chi connectivity index (χ1) is 17.0. The lowest BCUT2D eigenvalue weighted by Crippen LogP contribution is -2.12. The highest BCUT2D eigenvalue weighted by Gasteiger charge is 2.12. The van der Waals surface area contributed by atoms with E-state index >= 15 is 0 Å². The molecule has 0 fully saturated rings. The fourth-order valence-electron chi connectivity index (χ4n) is 2.44. The molecular formula is C24H24O12. The van der Waals surface area contributed by atoms with Crippen LogP contribution in [-0.2, 0) is 19.1 Å². The van der Waals surface area contributed by atoms with Crippen LogP contribution in [0.15, 0.2) is 48.5 Å². The molecule has 36 heavy (non-hydrogen) atoms. The molecule has 0 saturated carbocycles. The third-order valence-electron chi connectivity index (χ3n) is 4.27. The van der Waals surface area contributed by atoms with Gasteiger partial charge in [-0.1, -0.05) is 6.07 Å². The van der Waals surface area contributed by atoms with Crippen molar-refractivity contribution in [2.45, 2.75) is 25.7 Å². The standard InChI is InChI=1S/C12H12O4.C8H6O4.C4H6O4/c13-11-9-3-5-10(6-4-9)12(14)16-8-2-1-7-15-11;9-7(10)5-2-1-3-6(4-5)8(11)12;5-3(6)1-2-4(7)8/h3-6H,1-2,7-8H2;1-4H,(H,9,10)(H,11,12);1-2H2,(H,5,6)(H,7,8). The van der Waals surface area contributed by atoms with Gasteiger partial charge in [0.2, 0.25) is 0 Å². The van der Waals surface area contributed by atoms with Crippen molar-refractivity contribution in [2.24, 2.45) is 0 Å². The Morgan fingerprint density at radius 3 is 1.31 bits per heavy atom. The number of benzene rings is 2. The van der Waals surface area contributed by atoms with Gasteiger partial charge >= 0.3 is 35.8 Å². The fourth-order valence-corrected chi connectivity index (χ4v) is 2.44. The van der Waals surface area contributed by atoms with E-state index in [0.717, 1.165) is 6.07 Å². The van der Waals surface area contributed by atoms with Gasteiger partial charge in [0.1, 0.15) is 0 Å². The monoisotopic (exact) mass is 504 g/mol. The molecule has 0 radical (unpaired) electrons. The number of carbonyl (C=O) groups is 6. The van der Waals surface area contributed by atoms with Gasteiger partial charge in [0, 0.05) is 0 Å². The van der Waals surface area contributed by atoms with Crippen LogP contribution in [0.3, 0.4) is 0 Å². The largest absolute Gasteiger partial charge is 0.481 e. The quantitative estimate of drug-likeness (QED) is 0.434. The second-order valence-corrected chi connectivity index (χ2v) is 7.03. The Bertz CT molecular complexity index is 1010. The summed E-state index contributed by atoms with van der Waals surface area (Å²) in [6.07, 6.45) is 0.814. The summed E-state index contributed by atoms with van der Waals surface area (Å²) in [6.45, 7) is 0.719. The van der Waals surface area contributed by atoms with Crippen molar-refractivity contribution in [2.75, 3.05) is 13.2 Å². The molecular weight excluding hydrogens is 480 g/mol. The molecule has 2 aliphatic rings. The maximum absolute atomic E-state index is 11.5. The van der Waals surface area contributed by atoms with E-state index < -0.39 is 23.9 Å². The van der Waals surface area contributed by atoms with Gasteiger partial charge in [-0.25, -0.2) is 19.2 Å². The minimum absolute atomic E-state index is 0.0186. The molecule has 192 valence electrons. The normalized spacial score (nSPS) is 12.6. The maximum atomic E-state index is 11.5. The predicted octanol–water partition coefficient (Wildman–Crippen LogP) is 2.81. The number of carbonyl (C=O) groups excluding carboxylic acids is 2. The minimum Gasteiger partial charge on any atom is -0.481 e. The SMILES string of the molecule is O=C(O)CCC(=O)O.O=C(O)c1cccc(C(=O)O)c1.O=C1OCCCCOC(=O)c2ccc1cc2. The van der Waals surface area contributed by atoms with Gasteiger partial charge in [0.25, 0.3) is 0 Å². The first-order valence-electron chi connectivity index (χ1n) is 10.5. The molecule has 2 bridgehead atoms. The van der Waals surface area contributed by atoms with E-state index in [1.807, 2.05) is 0 Å². The number of esters is 2. The fraction of sp³-hybridized carbons (Fsp3) is 0.250. The number of hydrogen-bond donors (Lipinski definition) is 4.